The van der Waals surface area contributed by atoms with Crippen molar-refractivity contribution < 1.29 is 47.4 Å². The van der Waals surface area contributed by atoms with Gasteiger partial charge in [0.25, 0.3) is 5.88 Å². The Balaban J connectivity index is 1.46. The molecule has 3 aliphatic carbocycles. The molecule has 3 aromatic carbocycles. The lowest BCUT2D eigenvalue weighted by Crippen LogP contribution is -2.68. The first-order valence-electron chi connectivity index (χ1n) is 19.2. The predicted molar refractivity (Wildman–Crippen MR) is 215 cm³/mol. The van der Waals surface area contributed by atoms with Gasteiger partial charge in [0.2, 0.25) is 11.6 Å². The molecular formula is C44H50N2O10Si. The molecule has 4 atom stereocenters. The summed E-state index contributed by atoms with van der Waals surface area (Å²) in [6.45, 7) is 15.2. The van der Waals surface area contributed by atoms with E-state index in [9.17, 15) is 14.7 Å². The molecule has 0 unspecified atom stereocenters. The molecular weight excluding hydrogens is 745 g/mol. The van der Waals surface area contributed by atoms with Crippen LogP contribution in [-0.2, 0) is 27.0 Å². The fourth-order valence-electron chi connectivity index (χ4n) is 8.32. The Morgan fingerprint density at radius 3 is 2.33 bits per heavy atom. The molecule has 0 amide bonds. The SMILES string of the molecule is CN(C)[C@@H]1c2onc(OCc3ccccc3)c2C(=O)[C@@]2(O[Si](C)(C)C(C)(C)C)C(=O)C3=C(O)c4c(cc5c(C=O)cccc5c4OC(=O)OC(C)(C)C)C[C@H]3C[C@@H]12. The molecule has 13 heteroatoms. The van der Waals surface area contributed by atoms with Gasteiger partial charge in [0.05, 0.1) is 11.6 Å². The molecule has 7 rings (SSSR count). The number of rotatable bonds is 8. The number of ketones is 2. The van der Waals surface area contributed by atoms with Crippen LogP contribution in [0.15, 0.2) is 64.7 Å². The molecule has 0 spiro atoms. The lowest BCUT2D eigenvalue weighted by molar-refractivity contribution is -0.140. The van der Waals surface area contributed by atoms with Crippen LogP contribution in [0.5, 0.6) is 11.6 Å². The van der Waals surface area contributed by atoms with Gasteiger partial charge in [-0.25, -0.2) is 4.79 Å². The Morgan fingerprint density at radius 1 is 1.00 bits per heavy atom. The molecule has 12 nitrogen and oxygen atoms in total. The average Bonchev–Trinajstić information content (AvgIpc) is 3.54. The van der Waals surface area contributed by atoms with Crippen molar-refractivity contribution in [2.45, 2.75) is 96.4 Å². The molecule has 0 bridgehead atoms. The van der Waals surface area contributed by atoms with Crippen molar-refractivity contribution >= 4 is 48.9 Å². The molecule has 0 radical (unpaired) electrons. The molecule has 57 heavy (non-hydrogen) atoms. The lowest BCUT2D eigenvalue weighted by atomic mass is 9.57. The van der Waals surface area contributed by atoms with E-state index >= 15 is 9.59 Å². The van der Waals surface area contributed by atoms with Crippen molar-refractivity contribution in [3.05, 3.63) is 93.7 Å². The van der Waals surface area contributed by atoms with Crippen molar-refractivity contribution in [1.82, 2.24) is 10.1 Å². The molecule has 1 aromatic heterocycles. The van der Waals surface area contributed by atoms with E-state index in [0.717, 1.165) is 11.8 Å². The Hall–Kier alpha value is -5.11. The van der Waals surface area contributed by atoms with Gasteiger partial charge in [-0.15, -0.1) is 0 Å². The highest BCUT2D eigenvalue weighted by Crippen LogP contribution is 2.59. The molecule has 1 fully saturated rings. The van der Waals surface area contributed by atoms with Crippen molar-refractivity contribution in [2.24, 2.45) is 11.8 Å². The number of nitrogens with zero attached hydrogens (tertiary/aromatic N) is 2. The summed E-state index contributed by atoms with van der Waals surface area (Å²) in [6.07, 6.45) is 0.156. The van der Waals surface area contributed by atoms with Crippen molar-refractivity contribution in [1.29, 1.82) is 0 Å². The van der Waals surface area contributed by atoms with Gasteiger partial charge >= 0.3 is 6.16 Å². The van der Waals surface area contributed by atoms with E-state index in [1.165, 1.54) is 0 Å². The minimum atomic E-state index is -2.98. The molecule has 0 aliphatic heterocycles. The third-order valence-corrected chi connectivity index (χ3v) is 16.3. The first-order valence-corrected chi connectivity index (χ1v) is 22.1. The molecule has 300 valence electrons. The Labute approximate surface area is 333 Å². The number of aromatic nitrogens is 1. The largest absolute Gasteiger partial charge is 0.514 e. The number of carbonyl (C=O) groups excluding carboxylic acids is 4. The second-order valence-corrected chi connectivity index (χ2v) is 22.8. The quantitative estimate of drug-likeness (QED) is 0.0596. The average molecular weight is 795 g/mol. The van der Waals surface area contributed by atoms with Gasteiger partial charge in [0, 0.05) is 22.4 Å². The number of benzene rings is 3. The maximum absolute atomic E-state index is 15.8. The van der Waals surface area contributed by atoms with E-state index in [0.29, 0.717) is 21.9 Å². The number of aliphatic hydroxyl groups excluding tert-OH is 1. The fourth-order valence-corrected chi connectivity index (χ4v) is 9.76. The molecule has 1 N–H and O–H groups in total. The van der Waals surface area contributed by atoms with E-state index in [2.05, 4.69) is 5.16 Å². The van der Waals surface area contributed by atoms with Gasteiger partial charge in [0.15, 0.2) is 31.7 Å². The second kappa shape index (κ2) is 14.1. The van der Waals surface area contributed by atoms with Gasteiger partial charge in [-0.05, 0) is 99.5 Å². The van der Waals surface area contributed by atoms with Crippen LogP contribution in [0.1, 0.15) is 97.2 Å². The smallest absolute Gasteiger partial charge is 0.507 e. The van der Waals surface area contributed by atoms with Crippen molar-refractivity contribution in [2.75, 3.05) is 14.1 Å². The summed E-state index contributed by atoms with van der Waals surface area (Å²) in [5.41, 5.74) is -1.09. The normalized spacial score (nSPS) is 22.1. The highest BCUT2D eigenvalue weighted by molar-refractivity contribution is 6.74. The van der Waals surface area contributed by atoms with Gasteiger partial charge in [-0.2, -0.15) is 0 Å². The van der Waals surface area contributed by atoms with Crippen molar-refractivity contribution in [3.8, 4) is 11.6 Å². The highest BCUT2D eigenvalue weighted by atomic mass is 28.4. The number of Topliss-reactive ketones (excluding diaryl/α,β-unsaturated/α-hetero) is 2. The third kappa shape index (κ3) is 6.68. The van der Waals surface area contributed by atoms with Crippen LogP contribution in [-0.4, -0.2) is 72.8 Å². The fraction of sp³-hybridized carbons (Fsp3) is 0.432. The first-order chi connectivity index (χ1) is 26.7. The summed E-state index contributed by atoms with van der Waals surface area (Å²) < 4.78 is 30.8. The Bertz CT molecular complexity index is 2330. The second-order valence-electron chi connectivity index (χ2n) is 18.0. The maximum atomic E-state index is 15.8. The predicted octanol–water partition coefficient (Wildman–Crippen LogP) is 8.82. The zero-order valence-corrected chi connectivity index (χ0v) is 35.1. The number of hydrogen-bond acceptors (Lipinski definition) is 12. The monoisotopic (exact) mass is 794 g/mol. The standard InChI is InChI=1S/C44H50N2O10Si/c1-42(2,3)54-41(51)53-36-28-18-14-17-25(22-47)29(28)20-26-19-27-21-30-34(46(7)8)37-33(40(45-55-37)52-23-24-15-12-11-13-16-24)39(50)44(30,56-57(9,10)43(4,5)6)38(49)32(27)35(48)31(26)36/h11-18,20,22,27,30,34,48H,19,21,23H2,1-10H3/t27-,30-,34-,44-/m0/s1. The summed E-state index contributed by atoms with van der Waals surface area (Å²) in [6, 6.07) is 15.5. The van der Waals surface area contributed by atoms with Crippen LogP contribution >= 0.6 is 0 Å². The van der Waals surface area contributed by atoms with Gasteiger partial charge in [-0.1, -0.05) is 69.3 Å². The Kier molecular flexibility index (Phi) is 9.89. The minimum absolute atomic E-state index is 0.00917. The molecule has 1 saturated carbocycles. The highest BCUT2D eigenvalue weighted by Gasteiger charge is 2.69. The van der Waals surface area contributed by atoms with Crippen LogP contribution in [0.4, 0.5) is 4.79 Å². The number of ether oxygens (including phenoxy) is 3. The summed E-state index contributed by atoms with van der Waals surface area (Å²) in [4.78, 5) is 58.8. The van der Waals surface area contributed by atoms with E-state index < -0.39 is 65.9 Å². The van der Waals surface area contributed by atoms with Gasteiger partial charge in [-0.3, -0.25) is 19.3 Å². The van der Waals surface area contributed by atoms with E-state index in [1.807, 2.05) is 83.2 Å². The zero-order chi connectivity index (χ0) is 41.4. The number of aliphatic hydroxyl groups is 1. The summed E-state index contributed by atoms with van der Waals surface area (Å²) >= 11 is 0. The molecule has 4 aromatic rings. The number of carbonyl (C=O) groups is 4. The van der Waals surface area contributed by atoms with Gasteiger partial charge in [0.1, 0.15) is 23.5 Å². The van der Waals surface area contributed by atoms with Gasteiger partial charge < -0.3 is 28.3 Å². The van der Waals surface area contributed by atoms with Crippen LogP contribution in [0.25, 0.3) is 16.5 Å². The van der Waals surface area contributed by atoms with E-state index in [1.54, 1.807) is 45.0 Å². The van der Waals surface area contributed by atoms with Crippen LogP contribution in [0.3, 0.4) is 0 Å². The van der Waals surface area contributed by atoms with Crippen LogP contribution in [0.2, 0.25) is 18.1 Å². The molecule has 0 saturated heterocycles. The number of fused-ring (bicyclic) bond motifs is 5. The summed E-state index contributed by atoms with van der Waals surface area (Å²) in [5, 5.41) is 17.2. The topological polar surface area (TPSA) is 155 Å². The zero-order valence-electron chi connectivity index (χ0n) is 34.1. The van der Waals surface area contributed by atoms with Crippen LogP contribution in [0, 0.1) is 11.8 Å². The Morgan fingerprint density at radius 2 is 1.70 bits per heavy atom. The van der Waals surface area contributed by atoms with Crippen molar-refractivity contribution in [3.63, 3.8) is 0 Å². The van der Waals surface area contributed by atoms with E-state index in [-0.39, 0.29) is 53.5 Å². The summed E-state index contributed by atoms with van der Waals surface area (Å²) in [5.74, 6) is -2.91. The minimum Gasteiger partial charge on any atom is -0.507 e. The van der Waals surface area contributed by atoms with Crippen LogP contribution < -0.4 is 9.47 Å². The maximum Gasteiger partial charge on any atom is 0.514 e. The summed E-state index contributed by atoms with van der Waals surface area (Å²) in [7, 11) is 0.730. The third-order valence-electron chi connectivity index (χ3n) is 11.9. The number of hydrogen-bond donors (Lipinski definition) is 1. The number of aldehydes is 1. The molecule has 3 aliphatic rings. The molecule has 1 heterocycles. The lowest BCUT2D eigenvalue weighted by Gasteiger charge is -2.55. The van der Waals surface area contributed by atoms with E-state index in [4.69, 9.17) is 23.2 Å². The first kappa shape index (κ1) is 40.1.